The molecular weight excluding hydrogens is 250 g/mol. The first-order valence-electron chi connectivity index (χ1n) is 7.15. The highest BCUT2D eigenvalue weighted by Crippen LogP contribution is 2.37. The fraction of sp³-hybridized carbons (Fsp3) is 0.438. The highest BCUT2D eigenvalue weighted by molar-refractivity contribution is 5.92. The van der Waals surface area contributed by atoms with E-state index in [4.69, 9.17) is 5.73 Å². The number of hydrogen-bond donors (Lipinski definition) is 1. The number of hydrogen-bond acceptors (Lipinski definition) is 3. The molecule has 1 aliphatic carbocycles. The highest BCUT2D eigenvalue weighted by atomic mass is 16.1. The average molecular weight is 271 g/mol. The van der Waals surface area contributed by atoms with Crippen molar-refractivity contribution in [1.29, 1.82) is 0 Å². The van der Waals surface area contributed by atoms with E-state index in [2.05, 4.69) is 18.0 Å². The number of nitrogens with two attached hydrogens (primary N) is 1. The second-order valence-electron chi connectivity index (χ2n) is 5.70. The van der Waals surface area contributed by atoms with Crippen LogP contribution in [-0.2, 0) is 7.05 Å². The van der Waals surface area contributed by atoms with Crippen molar-refractivity contribution >= 4 is 16.6 Å². The molecule has 1 atom stereocenters. The van der Waals surface area contributed by atoms with Crippen LogP contribution in [0.4, 0.5) is 5.69 Å². The van der Waals surface area contributed by atoms with Crippen LogP contribution in [-0.4, -0.2) is 24.2 Å². The van der Waals surface area contributed by atoms with Crippen LogP contribution < -0.4 is 16.2 Å². The monoisotopic (exact) mass is 271 g/mol. The van der Waals surface area contributed by atoms with Crippen LogP contribution in [0.1, 0.15) is 12.8 Å². The van der Waals surface area contributed by atoms with Gasteiger partial charge in [-0.3, -0.25) is 4.79 Å². The van der Waals surface area contributed by atoms with Gasteiger partial charge in [0.25, 0.3) is 5.56 Å². The Balaban J connectivity index is 2.15. The number of nitrogens with zero attached hydrogens (tertiary/aromatic N) is 2. The molecule has 20 heavy (non-hydrogen) atoms. The number of para-hydroxylation sites is 1. The van der Waals surface area contributed by atoms with Crippen molar-refractivity contribution in [2.45, 2.75) is 18.9 Å². The second-order valence-corrected chi connectivity index (χ2v) is 5.70. The number of pyridine rings is 1. The Morgan fingerprint density at radius 3 is 2.75 bits per heavy atom. The number of rotatable bonds is 4. The lowest BCUT2D eigenvalue weighted by molar-refractivity contribution is 0.571. The van der Waals surface area contributed by atoms with Gasteiger partial charge in [-0.1, -0.05) is 18.2 Å². The van der Waals surface area contributed by atoms with Crippen LogP contribution in [0.15, 0.2) is 35.1 Å². The summed E-state index contributed by atoms with van der Waals surface area (Å²) in [5.74, 6) is 0.674. The molecule has 1 saturated carbocycles. The van der Waals surface area contributed by atoms with E-state index >= 15 is 0 Å². The molecule has 4 heteroatoms. The van der Waals surface area contributed by atoms with Gasteiger partial charge in [0.05, 0.1) is 11.2 Å². The van der Waals surface area contributed by atoms with E-state index in [-0.39, 0.29) is 5.56 Å². The Morgan fingerprint density at radius 2 is 2.10 bits per heavy atom. The molecule has 3 rings (SSSR count). The Kier molecular flexibility index (Phi) is 3.26. The van der Waals surface area contributed by atoms with Crippen LogP contribution in [0, 0.1) is 5.92 Å². The van der Waals surface area contributed by atoms with Gasteiger partial charge in [-0.2, -0.15) is 0 Å². The first-order chi connectivity index (χ1) is 9.63. The first-order valence-corrected chi connectivity index (χ1v) is 7.15. The maximum Gasteiger partial charge on any atom is 0.252 e. The molecule has 1 heterocycles. The zero-order chi connectivity index (χ0) is 14.3. The van der Waals surface area contributed by atoms with E-state index in [1.54, 1.807) is 10.6 Å². The molecule has 1 aliphatic rings. The molecule has 2 N–H and O–H groups in total. The average Bonchev–Trinajstić information content (AvgIpc) is 3.28. The molecular formula is C16H21N3O. The summed E-state index contributed by atoms with van der Waals surface area (Å²) in [6.07, 6.45) is 2.49. The number of anilines is 1. The van der Waals surface area contributed by atoms with Gasteiger partial charge in [-0.05, 0) is 24.8 Å². The fourth-order valence-electron chi connectivity index (χ4n) is 3.01. The van der Waals surface area contributed by atoms with Gasteiger partial charge in [0.1, 0.15) is 0 Å². The predicted octanol–water partition coefficient (Wildman–Crippen LogP) is 1.71. The number of aryl methyl sites for hydroxylation is 1. The number of aromatic nitrogens is 1. The number of benzene rings is 1. The maximum atomic E-state index is 12.2. The predicted molar refractivity (Wildman–Crippen MR) is 83.2 cm³/mol. The summed E-state index contributed by atoms with van der Waals surface area (Å²) >= 11 is 0. The molecule has 0 radical (unpaired) electrons. The minimum atomic E-state index is 0.0251. The summed E-state index contributed by atoms with van der Waals surface area (Å²) in [6.45, 7) is 0.630. The third-order valence-corrected chi connectivity index (χ3v) is 4.42. The Bertz CT molecular complexity index is 688. The van der Waals surface area contributed by atoms with Gasteiger partial charge in [-0.25, -0.2) is 0 Å². The molecule has 0 bridgehead atoms. The summed E-state index contributed by atoms with van der Waals surface area (Å²) in [7, 11) is 3.87. The van der Waals surface area contributed by atoms with Crippen LogP contribution in [0.3, 0.4) is 0 Å². The van der Waals surface area contributed by atoms with Crippen LogP contribution in [0.25, 0.3) is 10.9 Å². The normalized spacial score (nSPS) is 16.4. The molecule has 106 valence electrons. The molecule has 1 fully saturated rings. The van der Waals surface area contributed by atoms with Gasteiger partial charge in [0.15, 0.2) is 0 Å². The Morgan fingerprint density at radius 1 is 1.40 bits per heavy atom. The van der Waals surface area contributed by atoms with Crippen molar-refractivity contribution in [3.8, 4) is 0 Å². The van der Waals surface area contributed by atoms with E-state index < -0.39 is 0 Å². The minimum absolute atomic E-state index is 0.0251. The smallest absolute Gasteiger partial charge is 0.252 e. The fourth-order valence-corrected chi connectivity index (χ4v) is 3.01. The molecule has 1 aromatic carbocycles. The van der Waals surface area contributed by atoms with Gasteiger partial charge >= 0.3 is 0 Å². The molecule has 0 spiro atoms. The summed E-state index contributed by atoms with van der Waals surface area (Å²) < 4.78 is 1.70. The largest absolute Gasteiger partial charge is 0.369 e. The Labute approximate surface area is 118 Å². The number of likely N-dealkylation sites (N-methyl/N-ethyl adjacent to an activating group) is 1. The van der Waals surface area contributed by atoms with E-state index in [0.29, 0.717) is 18.5 Å². The van der Waals surface area contributed by atoms with Crippen molar-refractivity contribution in [3.63, 3.8) is 0 Å². The zero-order valence-corrected chi connectivity index (χ0v) is 12.0. The molecule has 1 unspecified atom stereocenters. The lowest BCUT2D eigenvalue weighted by atomic mass is 10.1. The van der Waals surface area contributed by atoms with E-state index in [9.17, 15) is 4.79 Å². The third kappa shape index (κ3) is 2.10. The third-order valence-electron chi connectivity index (χ3n) is 4.42. The van der Waals surface area contributed by atoms with Gasteiger partial charge in [0, 0.05) is 38.1 Å². The topological polar surface area (TPSA) is 51.3 Å². The summed E-state index contributed by atoms with van der Waals surface area (Å²) in [4.78, 5) is 14.4. The maximum absolute atomic E-state index is 12.2. The molecule has 4 nitrogen and oxygen atoms in total. The first kappa shape index (κ1) is 13.2. The quantitative estimate of drug-likeness (QED) is 0.921. The van der Waals surface area contributed by atoms with Crippen molar-refractivity contribution < 1.29 is 0 Å². The van der Waals surface area contributed by atoms with Gasteiger partial charge in [0.2, 0.25) is 0 Å². The summed E-state index contributed by atoms with van der Waals surface area (Å²) in [5.41, 5.74) is 7.92. The lowest BCUT2D eigenvalue weighted by Crippen LogP contribution is -2.40. The standard InChI is InChI=1S/C16H21N3O/c1-18(15(10-17)11-7-8-11)14-9-16(20)19(2)13-6-4-3-5-12(13)14/h3-6,9,11,15H,7-8,10,17H2,1-2H3. The van der Waals surface area contributed by atoms with Crippen molar-refractivity contribution in [3.05, 3.63) is 40.7 Å². The van der Waals surface area contributed by atoms with E-state index in [1.165, 1.54) is 12.8 Å². The minimum Gasteiger partial charge on any atom is -0.369 e. The van der Waals surface area contributed by atoms with Crippen molar-refractivity contribution in [2.75, 3.05) is 18.5 Å². The van der Waals surface area contributed by atoms with Gasteiger partial charge < -0.3 is 15.2 Å². The van der Waals surface area contributed by atoms with Crippen LogP contribution in [0.5, 0.6) is 0 Å². The molecule has 0 saturated heterocycles. The molecule has 0 amide bonds. The highest BCUT2D eigenvalue weighted by Gasteiger charge is 2.33. The summed E-state index contributed by atoms with van der Waals surface area (Å²) in [5, 5.41) is 1.11. The number of fused-ring (bicyclic) bond motifs is 1. The van der Waals surface area contributed by atoms with Crippen LogP contribution >= 0.6 is 0 Å². The molecule has 2 aromatic rings. The molecule has 1 aromatic heterocycles. The Hall–Kier alpha value is -1.81. The lowest BCUT2D eigenvalue weighted by Gasteiger charge is -2.30. The summed E-state index contributed by atoms with van der Waals surface area (Å²) in [6, 6.07) is 10.1. The SMILES string of the molecule is CN(c1cc(=O)n(C)c2ccccc12)C(CN)C1CC1. The van der Waals surface area contributed by atoms with Crippen molar-refractivity contribution in [1.82, 2.24) is 4.57 Å². The van der Waals surface area contributed by atoms with Crippen molar-refractivity contribution in [2.24, 2.45) is 18.7 Å². The van der Waals surface area contributed by atoms with E-state index in [1.807, 2.05) is 25.2 Å². The van der Waals surface area contributed by atoms with E-state index in [0.717, 1.165) is 16.6 Å². The zero-order valence-electron chi connectivity index (χ0n) is 12.0. The molecule has 0 aliphatic heterocycles. The van der Waals surface area contributed by atoms with Crippen LogP contribution in [0.2, 0.25) is 0 Å². The van der Waals surface area contributed by atoms with Gasteiger partial charge in [-0.15, -0.1) is 0 Å². The second kappa shape index (κ2) is 4.94.